The van der Waals surface area contributed by atoms with Crippen LogP contribution >= 0.6 is 0 Å². The van der Waals surface area contributed by atoms with Crippen molar-refractivity contribution >= 4 is 11.6 Å². The number of hydrogen-bond donors (Lipinski definition) is 2. The van der Waals surface area contributed by atoms with Gasteiger partial charge in [-0.3, -0.25) is 9.59 Å². The normalized spacial score (nSPS) is 17.8. The molecule has 0 aromatic carbocycles. The lowest BCUT2D eigenvalue weighted by molar-refractivity contribution is -0.119. The van der Waals surface area contributed by atoms with E-state index in [2.05, 4.69) is 5.18 Å². The van der Waals surface area contributed by atoms with E-state index in [1.165, 1.54) is 0 Å². The number of nitroso groups, excluding NO2 is 1. The number of ketones is 2. The van der Waals surface area contributed by atoms with E-state index in [0.29, 0.717) is 6.08 Å². The van der Waals surface area contributed by atoms with Gasteiger partial charge in [-0.05, 0) is 5.18 Å². The minimum absolute atomic E-state index is 0.560. The third-order valence-electron chi connectivity index (χ3n) is 1.27. The molecule has 0 spiro atoms. The standard InChI is InChI=1S/C6H3NO5/c8-3-1-2(7-12)4(9)6(11)5(3)10/h1,10-11H. The van der Waals surface area contributed by atoms with Gasteiger partial charge < -0.3 is 10.2 Å². The fourth-order valence-electron chi connectivity index (χ4n) is 0.671. The highest BCUT2D eigenvalue weighted by Gasteiger charge is 2.28. The molecule has 0 aliphatic heterocycles. The predicted molar refractivity (Wildman–Crippen MR) is 36.2 cm³/mol. The molecule has 1 aliphatic rings. The van der Waals surface area contributed by atoms with Crippen LogP contribution in [0.25, 0.3) is 0 Å². The molecule has 0 saturated carbocycles. The summed E-state index contributed by atoms with van der Waals surface area (Å²) in [7, 11) is 0. The van der Waals surface area contributed by atoms with E-state index in [4.69, 9.17) is 10.2 Å². The third kappa shape index (κ3) is 0.986. The summed E-state index contributed by atoms with van der Waals surface area (Å²) in [5, 5.41) is 19.6. The highest BCUT2D eigenvalue weighted by Crippen LogP contribution is 2.15. The van der Waals surface area contributed by atoms with Crippen molar-refractivity contribution in [3.05, 3.63) is 28.2 Å². The van der Waals surface area contributed by atoms with Crippen molar-refractivity contribution in [2.45, 2.75) is 0 Å². The predicted octanol–water partition coefficient (Wildman–Crippen LogP) is 0.116. The molecule has 1 rings (SSSR count). The van der Waals surface area contributed by atoms with E-state index in [-0.39, 0.29) is 0 Å². The summed E-state index contributed by atoms with van der Waals surface area (Å²) in [6.45, 7) is 0. The summed E-state index contributed by atoms with van der Waals surface area (Å²) in [5.74, 6) is -4.37. The second-order valence-electron chi connectivity index (χ2n) is 2.01. The van der Waals surface area contributed by atoms with Gasteiger partial charge in [0.15, 0.2) is 5.70 Å². The molecule has 6 nitrogen and oxygen atoms in total. The number of carbonyl (C=O) groups is 2. The van der Waals surface area contributed by atoms with E-state index in [1.54, 1.807) is 0 Å². The maximum Gasteiger partial charge on any atom is 0.253 e. The number of nitrogens with zero attached hydrogens (tertiary/aromatic N) is 1. The average molecular weight is 169 g/mol. The second-order valence-corrected chi connectivity index (χ2v) is 2.01. The van der Waals surface area contributed by atoms with E-state index in [0.717, 1.165) is 0 Å². The van der Waals surface area contributed by atoms with Crippen molar-refractivity contribution < 1.29 is 19.8 Å². The van der Waals surface area contributed by atoms with Crippen molar-refractivity contribution in [3.8, 4) is 0 Å². The van der Waals surface area contributed by atoms with Crippen molar-refractivity contribution in [2.75, 3.05) is 0 Å². The first-order valence-corrected chi connectivity index (χ1v) is 2.84. The van der Waals surface area contributed by atoms with Crippen LogP contribution in [0.3, 0.4) is 0 Å². The molecule has 0 aromatic rings. The first-order valence-electron chi connectivity index (χ1n) is 2.84. The fourth-order valence-corrected chi connectivity index (χ4v) is 0.671. The summed E-state index contributed by atoms with van der Waals surface area (Å²) in [5.41, 5.74) is -0.713. The number of hydrogen-bond acceptors (Lipinski definition) is 6. The third-order valence-corrected chi connectivity index (χ3v) is 1.27. The topological polar surface area (TPSA) is 104 Å². The minimum atomic E-state index is -1.15. The van der Waals surface area contributed by atoms with Crippen LogP contribution in [0.5, 0.6) is 0 Å². The van der Waals surface area contributed by atoms with Crippen LogP contribution in [0.15, 0.2) is 28.5 Å². The van der Waals surface area contributed by atoms with E-state index >= 15 is 0 Å². The van der Waals surface area contributed by atoms with Gasteiger partial charge in [-0.25, -0.2) is 0 Å². The van der Waals surface area contributed by atoms with Crippen molar-refractivity contribution in [1.29, 1.82) is 0 Å². The lowest BCUT2D eigenvalue weighted by Gasteiger charge is -2.04. The van der Waals surface area contributed by atoms with Gasteiger partial charge in [0.2, 0.25) is 17.3 Å². The molecule has 12 heavy (non-hydrogen) atoms. The number of aliphatic hydroxyl groups excluding tert-OH is 2. The molecule has 0 amide bonds. The maximum absolute atomic E-state index is 10.7. The largest absolute Gasteiger partial charge is 0.501 e. The average Bonchev–Trinajstić information content (AvgIpc) is 2.08. The fraction of sp³-hybridized carbons (Fsp3) is 0. The number of rotatable bonds is 1. The molecule has 6 heteroatoms. The number of allylic oxidation sites excluding steroid dienone is 1. The zero-order valence-electron chi connectivity index (χ0n) is 5.64. The quantitative estimate of drug-likeness (QED) is 0.428. The minimum Gasteiger partial charge on any atom is -0.501 e. The highest BCUT2D eigenvalue weighted by atomic mass is 16.3. The zero-order valence-corrected chi connectivity index (χ0v) is 5.64. The zero-order chi connectivity index (χ0) is 9.30. The molecule has 0 radical (unpaired) electrons. The Morgan fingerprint density at radius 3 is 2.25 bits per heavy atom. The van der Waals surface area contributed by atoms with Crippen molar-refractivity contribution in [1.82, 2.24) is 0 Å². The Labute approximate surface area is 65.8 Å². The van der Waals surface area contributed by atoms with Gasteiger partial charge >= 0.3 is 0 Å². The van der Waals surface area contributed by atoms with Crippen LogP contribution < -0.4 is 0 Å². The number of carbonyl (C=O) groups excluding carboxylic acids is 2. The van der Waals surface area contributed by atoms with Crippen LogP contribution in [-0.4, -0.2) is 21.8 Å². The molecule has 0 saturated heterocycles. The van der Waals surface area contributed by atoms with E-state index < -0.39 is 28.8 Å². The summed E-state index contributed by atoms with van der Waals surface area (Å²) < 4.78 is 0. The van der Waals surface area contributed by atoms with Crippen molar-refractivity contribution in [2.24, 2.45) is 5.18 Å². The SMILES string of the molecule is O=NC1=CC(=O)C(O)=C(O)C1=O. The Kier molecular flexibility index (Phi) is 1.74. The summed E-state index contributed by atoms with van der Waals surface area (Å²) in [4.78, 5) is 31.2. The molecular formula is C6H3NO5. The molecule has 62 valence electrons. The molecule has 0 bridgehead atoms. The van der Waals surface area contributed by atoms with Crippen LogP contribution in [0.2, 0.25) is 0 Å². The van der Waals surface area contributed by atoms with Crippen LogP contribution in [0, 0.1) is 4.91 Å². The number of Topliss-reactive ketones (excluding diaryl/α,β-unsaturated/α-hetero) is 1. The van der Waals surface area contributed by atoms with Gasteiger partial charge in [0.05, 0.1) is 0 Å². The molecule has 0 fully saturated rings. The lowest BCUT2D eigenvalue weighted by Crippen LogP contribution is -2.17. The summed E-state index contributed by atoms with van der Waals surface area (Å²) >= 11 is 0. The van der Waals surface area contributed by atoms with Gasteiger partial charge in [-0.15, -0.1) is 4.91 Å². The van der Waals surface area contributed by atoms with Gasteiger partial charge in [-0.1, -0.05) is 0 Å². The Balaban J connectivity index is 3.21. The Morgan fingerprint density at radius 1 is 1.17 bits per heavy atom. The smallest absolute Gasteiger partial charge is 0.253 e. The van der Waals surface area contributed by atoms with Crippen LogP contribution in [0.4, 0.5) is 0 Å². The second kappa shape index (κ2) is 2.57. The Hall–Kier alpha value is -1.98. The maximum atomic E-state index is 10.7. The molecule has 0 aromatic heterocycles. The van der Waals surface area contributed by atoms with Crippen LogP contribution in [0.1, 0.15) is 0 Å². The Morgan fingerprint density at radius 2 is 1.75 bits per heavy atom. The number of aliphatic hydroxyl groups is 2. The first kappa shape index (κ1) is 8.12. The monoisotopic (exact) mass is 169 g/mol. The molecule has 0 unspecified atom stereocenters. The van der Waals surface area contributed by atoms with Gasteiger partial charge in [0.25, 0.3) is 5.78 Å². The highest BCUT2D eigenvalue weighted by molar-refractivity contribution is 6.20. The molecule has 1 aliphatic carbocycles. The molecular weight excluding hydrogens is 166 g/mol. The van der Waals surface area contributed by atoms with Gasteiger partial charge in [0, 0.05) is 6.08 Å². The molecule has 2 N–H and O–H groups in total. The van der Waals surface area contributed by atoms with Gasteiger partial charge in [0.1, 0.15) is 0 Å². The van der Waals surface area contributed by atoms with E-state index in [9.17, 15) is 14.5 Å². The summed E-state index contributed by atoms with van der Waals surface area (Å²) in [6, 6.07) is 0. The van der Waals surface area contributed by atoms with Crippen LogP contribution in [-0.2, 0) is 9.59 Å². The van der Waals surface area contributed by atoms with E-state index in [1.807, 2.05) is 0 Å². The molecule has 0 atom stereocenters. The summed E-state index contributed by atoms with van der Waals surface area (Å²) in [6.07, 6.45) is 0.560. The molecule has 0 heterocycles. The van der Waals surface area contributed by atoms with Gasteiger partial charge in [-0.2, -0.15) is 0 Å². The first-order chi connectivity index (χ1) is 5.57. The van der Waals surface area contributed by atoms with Crippen molar-refractivity contribution in [3.63, 3.8) is 0 Å². The lowest BCUT2D eigenvalue weighted by atomic mass is 10.1. The Bertz CT molecular complexity index is 334.